The van der Waals surface area contributed by atoms with Gasteiger partial charge in [0.2, 0.25) is 0 Å². The van der Waals surface area contributed by atoms with Gasteiger partial charge < -0.3 is 14.2 Å². The first kappa shape index (κ1) is 23.1. The van der Waals surface area contributed by atoms with Crippen LogP contribution in [0.15, 0.2) is 78.9 Å². The van der Waals surface area contributed by atoms with Gasteiger partial charge in [0, 0.05) is 12.5 Å². The minimum atomic E-state index is -0.675. The number of benzene rings is 3. The fourth-order valence-electron chi connectivity index (χ4n) is 5.00. The Bertz CT molecular complexity index is 1150. The number of ether oxygens (including phenoxy) is 3. The molecule has 1 aliphatic heterocycles. The molecule has 1 aliphatic carbocycles. The van der Waals surface area contributed by atoms with E-state index in [0.29, 0.717) is 19.6 Å². The van der Waals surface area contributed by atoms with Crippen molar-refractivity contribution in [1.82, 2.24) is 4.90 Å². The lowest BCUT2D eigenvalue weighted by atomic mass is 9.98. The molecule has 6 nitrogen and oxygen atoms in total. The van der Waals surface area contributed by atoms with E-state index in [-0.39, 0.29) is 25.2 Å². The molecule has 5 rings (SSSR count). The van der Waals surface area contributed by atoms with E-state index in [1.807, 2.05) is 61.5 Å². The van der Waals surface area contributed by atoms with Gasteiger partial charge in [-0.1, -0.05) is 85.8 Å². The van der Waals surface area contributed by atoms with Crippen molar-refractivity contribution in [2.45, 2.75) is 31.9 Å². The van der Waals surface area contributed by atoms with Crippen LogP contribution < -0.4 is 0 Å². The molecule has 0 radical (unpaired) electrons. The van der Waals surface area contributed by atoms with Gasteiger partial charge in [-0.15, -0.1) is 0 Å². The Morgan fingerprint density at radius 1 is 0.971 bits per heavy atom. The standard InChI is InChI=1S/C29H29NO5/c1-20(15-16-33-17-21-9-3-2-4-10-21)27-28(31)35-19-30(27)29(32)34-18-26-24-13-7-5-11-22(24)23-12-6-8-14-25(23)26/h2-14,20,26-27H,15-19H2,1H3/t20-,27-/m0/s1. The van der Waals surface area contributed by atoms with Gasteiger partial charge in [-0.05, 0) is 40.2 Å². The van der Waals surface area contributed by atoms with Crippen molar-refractivity contribution < 1.29 is 23.8 Å². The first-order valence-electron chi connectivity index (χ1n) is 12.0. The van der Waals surface area contributed by atoms with Crippen LogP contribution in [-0.4, -0.2) is 42.9 Å². The van der Waals surface area contributed by atoms with Crippen molar-refractivity contribution in [3.8, 4) is 11.1 Å². The molecule has 6 heteroatoms. The number of fused-ring (bicyclic) bond motifs is 3. The lowest BCUT2D eigenvalue weighted by molar-refractivity contribution is -0.140. The maximum atomic E-state index is 13.0. The summed E-state index contributed by atoms with van der Waals surface area (Å²) in [4.78, 5) is 26.9. The highest BCUT2D eigenvalue weighted by Crippen LogP contribution is 2.44. The zero-order chi connectivity index (χ0) is 24.2. The van der Waals surface area contributed by atoms with Crippen molar-refractivity contribution in [3.05, 3.63) is 95.6 Å². The molecule has 35 heavy (non-hydrogen) atoms. The number of carbonyl (C=O) groups is 2. The predicted molar refractivity (Wildman–Crippen MR) is 132 cm³/mol. The van der Waals surface area contributed by atoms with E-state index in [0.717, 1.165) is 16.7 Å². The van der Waals surface area contributed by atoms with E-state index < -0.39 is 18.1 Å². The largest absolute Gasteiger partial charge is 0.448 e. The van der Waals surface area contributed by atoms with E-state index in [1.165, 1.54) is 16.0 Å². The SMILES string of the molecule is C[C@@H](CCOCc1ccccc1)[C@H]1C(=O)OCN1C(=O)OCC1c2ccccc2-c2ccccc21. The van der Waals surface area contributed by atoms with Gasteiger partial charge in [0.05, 0.1) is 6.61 Å². The highest BCUT2D eigenvalue weighted by atomic mass is 16.6. The molecule has 3 aromatic carbocycles. The minimum absolute atomic E-state index is 0.0344. The van der Waals surface area contributed by atoms with Crippen molar-refractivity contribution in [3.63, 3.8) is 0 Å². The minimum Gasteiger partial charge on any atom is -0.448 e. The summed E-state index contributed by atoms with van der Waals surface area (Å²) < 4.78 is 16.8. The molecular formula is C29H29NO5. The summed E-state index contributed by atoms with van der Waals surface area (Å²) in [6.07, 6.45) is 0.0968. The second kappa shape index (κ2) is 10.3. The summed E-state index contributed by atoms with van der Waals surface area (Å²) in [7, 11) is 0. The molecule has 0 spiro atoms. The number of esters is 1. The van der Waals surface area contributed by atoms with Crippen molar-refractivity contribution >= 4 is 12.1 Å². The number of cyclic esters (lactones) is 1. The first-order chi connectivity index (χ1) is 17.1. The van der Waals surface area contributed by atoms with E-state index in [4.69, 9.17) is 14.2 Å². The van der Waals surface area contributed by atoms with Crippen LogP contribution in [0.25, 0.3) is 11.1 Å². The van der Waals surface area contributed by atoms with Crippen LogP contribution in [0, 0.1) is 5.92 Å². The zero-order valence-corrected chi connectivity index (χ0v) is 19.8. The molecule has 3 aromatic rings. The third-order valence-electron chi connectivity index (χ3n) is 6.86. The number of hydrogen-bond acceptors (Lipinski definition) is 5. The van der Waals surface area contributed by atoms with Crippen molar-refractivity contribution in [2.24, 2.45) is 5.92 Å². The third-order valence-corrected chi connectivity index (χ3v) is 6.86. The van der Waals surface area contributed by atoms with Gasteiger partial charge in [-0.25, -0.2) is 9.59 Å². The van der Waals surface area contributed by atoms with Crippen LogP contribution in [0.2, 0.25) is 0 Å². The molecule has 180 valence electrons. The monoisotopic (exact) mass is 471 g/mol. The molecule has 2 aliphatic rings. The van der Waals surface area contributed by atoms with E-state index in [1.54, 1.807) is 0 Å². The number of carbonyl (C=O) groups excluding carboxylic acids is 2. The van der Waals surface area contributed by atoms with Gasteiger partial charge in [0.1, 0.15) is 12.6 Å². The molecule has 0 aromatic heterocycles. The molecule has 1 amide bonds. The molecule has 0 N–H and O–H groups in total. The molecule has 1 saturated heterocycles. The van der Waals surface area contributed by atoms with Crippen LogP contribution in [0.1, 0.15) is 36.0 Å². The van der Waals surface area contributed by atoms with Gasteiger partial charge in [0.15, 0.2) is 6.73 Å². The van der Waals surface area contributed by atoms with Crippen molar-refractivity contribution in [2.75, 3.05) is 19.9 Å². The fourth-order valence-corrected chi connectivity index (χ4v) is 5.00. The van der Waals surface area contributed by atoms with Crippen molar-refractivity contribution in [1.29, 1.82) is 0 Å². The van der Waals surface area contributed by atoms with Crippen LogP contribution in [0.4, 0.5) is 4.79 Å². The zero-order valence-electron chi connectivity index (χ0n) is 19.8. The Hall–Kier alpha value is -3.64. The van der Waals surface area contributed by atoms with Gasteiger partial charge >= 0.3 is 12.1 Å². The summed E-state index contributed by atoms with van der Waals surface area (Å²) >= 11 is 0. The summed E-state index contributed by atoms with van der Waals surface area (Å²) in [5.41, 5.74) is 5.74. The number of hydrogen-bond donors (Lipinski definition) is 0. The Labute approximate surface area is 205 Å². The Kier molecular flexibility index (Phi) is 6.82. The Balaban J connectivity index is 1.19. The van der Waals surface area contributed by atoms with Gasteiger partial charge in [0.25, 0.3) is 0 Å². The number of nitrogens with zero attached hydrogens (tertiary/aromatic N) is 1. The average Bonchev–Trinajstić information content (AvgIpc) is 3.44. The van der Waals surface area contributed by atoms with Crippen LogP contribution in [-0.2, 0) is 25.6 Å². The predicted octanol–water partition coefficient (Wildman–Crippen LogP) is 5.36. The van der Waals surface area contributed by atoms with E-state index in [2.05, 4.69) is 24.3 Å². The lowest BCUT2D eigenvalue weighted by Crippen LogP contribution is -2.43. The molecule has 0 bridgehead atoms. The van der Waals surface area contributed by atoms with Crippen LogP contribution >= 0.6 is 0 Å². The smallest absolute Gasteiger partial charge is 0.413 e. The van der Waals surface area contributed by atoms with Crippen LogP contribution in [0.5, 0.6) is 0 Å². The molecule has 1 heterocycles. The van der Waals surface area contributed by atoms with Gasteiger partial charge in [-0.2, -0.15) is 0 Å². The van der Waals surface area contributed by atoms with E-state index >= 15 is 0 Å². The van der Waals surface area contributed by atoms with Gasteiger partial charge in [-0.3, -0.25) is 4.90 Å². The van der Waals surface area contributed by atoms with E-state index in [9.17, 15) is 9.59 Å². The average molecular weight is 472 g/mol. The third kappa shape index (κ3) is 4.80. The normalized spacial score (nSPS) is 17.6. The maximum Gasteiger partial charge on any atom is 0.413 e. The summed E-state index contributed by atoms with van der Waals surface area (Å²) in [6, 6.07) is 25.7. The summed E-state index contributed by atoms with van der Waals surface area (Å²) in [5, 5.41) is 0. The summed E-state index contributed by atoms with van der Waals surface area (Å²) in [6.45, 7) is 3.05. The molecule has 0 unspecified atom stereocenters. The maximum absolute atomic E-state index is 13.0. The Morgan fingerprint density at radius 3 is 2.29 bits per heavy atom. The number of rotatable bonds is 8. The lowest BCUT2D eigenvalue weighted by Gasteiger charge is -2.25. The Morgan fingerprint density at radius 2 is 1.60 bits per heavy atom. The second-order valence-corrected chi connectivity index (χ2v) is 9.12. The second-order valence-electron chi connectivity index (χ2n) is 9.12. The fraction of sp³-hybridized carbons (Fsp3) is 0.310. The van der Waals surface area contributed by atoms with Crippen LogP contribution in [0.3, 0.4) is 0 Å². The molecular weight excluding hydrogens is 442 g/mol. The highest BCUT2D eigenvalue weighted by molar-refractivity contribution is 5.84. The first-order valence-corrected chi connectivity index (χ1v) is 12.0. The quantitative estimate of drug-likeness (QED) is 0.327. The topological polar surface area (TPSA) is 65.1 Å². The highest BCUT2D eigenvalue weighted by Gasteiger charge is 2.42. The molecule has 1 fully saturated rings. The number of amides is 1. The molecule has 2 atom stereocenters. The summed E-state index contributed by atoms with van der Waals surface area (Å²) in [5.74, 6) is -0.553. The molecule has 0 saturated carbocycles.